The maximum atomic E-state index is 12.5. The van der Waals surface area contributed by atoms with Crippen LogP contribution in [0.5, 0.6) is 5.75 Å². The van der Waals surface area contributed by atoms with Crippen molar-refractivity contribution >= 4 is 34.7 Å². The van der Waals surface area contributed by atoms with Gasteiger partial charge in [-0.05, 0) is 54.6 Å². The molecule has 0 bridgehead atoms. The van der Waals surface area contributed by atoms with Crippen molar-refractivity contribution < 1.29 is 14.3 Å². The molecule has 0 saturated carbocycles. The van der Waals surface area contributed by atoms with Gasteiger partial charge < -0.3 is 9.64 Å². The Balaban J connectivity index is 1.55. The Morgan fingerprint density at radius 2 is 1.72 bits per heavy atom. The molecule has 0 aromatic heterocycles. The summed E-state index contributed by atoms with van der Waals surface area (Å²) in [5, 5.41) is -0.266. The topological polar surface area (TPSA) is 49.9 Å². The summed E-state index contributed by atoms with van der Waals surface area (Å²) in [6, 6.07) is 15.7. The van der Waals surface area contributed by atoms with E-state index in [0.717, 1.165) is 34.3 Å². The number of imide groups is 1. The van der Waals surface area contributed by atoms with Gasteiger partial charge in [0.2, 0.25) is 0 Å². The zero-order valence-electron chi connectivity index (χ0n) is 16.8. The summed E-state index contributed by atoms with van der Waals surface area (Å²) < 4.78 is 5.63. The lowest BCUT2D eigenvalue weighted by atomic mass is 10.2. The molecule has 29 heavy (non-hydrogen) atoms. The molecule has 5 nitrogen and oxygen atoms in total. The van der Waals surface area contributed by atoms with Crippen molar-refractivity contribution in [3.63, 3.8) is 0 Å². The Kier molecular flexibility index (Phi) is 6.77. The van der Waals surface area contributed by atoms with Gasteiger partial charge in [0, 0.05) is 19.8 Å². The average Bonchev–Trinajstić information content (AvgIpc) is 2.97. The van der Waals surface area contributed by atoms with E-state index in [1.165, 1.54) is 4.90 Å². The average molecular weight is 409 g/mol. The molecule has 0 spiro atoms. The van der Waals surface area contributed by atoms with E-state index >= 15 is 0 Å². The Bertz CT molecular complexity index is 932. The molecule has 1 fully saturated rings. The fraction of sp³-hybridized carbons (Fsp3) is 0.217. The predicted octanol–water partition coefficient (Wildman–Crippen LogP) is 4.73. The van der Waals surface area contributed by atoms with Gasteiger partial charge in [0.15, 0.2) is 0 Å². The second-order valence-corrected chi connectivity index (χ2v) is 7.86. The standard InChI is InChI=1S/C23H24N2O3S/c1-17-7-13-20(14-8-17)28-16-15-25-22(26)21(29-23(25)27)6-4-5-18-9-11-19(12-10-18)24(2)3/h4-14H,15-16H2,1-3H3/b5-4+,21-6-. The van der Waals surface area contributed by atoms with E-state index in [1.807, 2.05) is 80.5 Å². The van der Waals surface area contributed by atoms with Crippen molar-refractivity contribution in [3.8, 4) is 5.75 Å². The quantitative estimate of drug-likeness (QED) is 0.620. The first kappa shape index (κ1) is 20.7. The van der Waals surface area contributed by atoms with Gasteiger partial charge in [-0.25, -0.2) is 0 Å². The number of hydrogen-bond donors (Lipinski definition) is 0. The second-order valence-electron chi connectivity index (χ2n) is 6.86. The van der Waals surface area contributed by atoms with Crippen molar-refractivity contribution in [3.05, 3.63) is 76.7 Å². The molecule has 150 valence electrons. The predicted molar refractivity (Wildman–Crippen MR) is 119 cm³/mol. The van der Waals surface area contributed by atoms with Gasteiger partial charge in [0.05, 0.1) is 11.4 Å². The lowest BCUT2D eigenvalue weighted by Crippen LogP contribution is -2.32. The highest BCUT2D eigenvalue weighted by molar-refractivity contribution is 8.18. The summed E-state index contributed by atoms with van der Waals surface area (Å²) in [5.41, 5.74) is 3.30. The minimum Gasteiger partial charge on any atom is -0.492 e. The number of aryl methyl sites for hydroxylation is 1. The Morgan fingerprint density at radius 3 is 2.38 bits per heavy atom. The SMILES string of the molecule is Cc1ccc(OCCN2C(=O)S/C(=C\C=C\c3ccc(N(C)C)cc3)C2=O)cc1. The Morgan fingerprint density at radius 1 is 1.03 bits per heavy atom. The van der Waals surface area contributed by atoms with Gasteiger partial charge in [0.1, 0.15) is 12.4 Å². The summed E-state index contributed by atoms with van der Waals surface area (Å²) >= 11 is 0.957. The van der Waals surface area contributed by atoms with E-state index in [0.29, 0.717) is 4.91 Å². The molecule has 2 aromatic rings. The molecule has 0 unspecified atom stereocenters. The van der Waals surface area contributed by atoms with Crippen LogP contribution < -0.4 is 9.64 Å². The van der Waals surface area contributed by atoms with E-state index in [9.17, 15) is 9.59 Å². The summed E-state index contributed by atoms with van der Waals surface area (Å²) in [6.07, 6.45) is 5.39. The molecular formula is C23H24N2O3S. The molecule has 2 aromatic carbocycles. The maximum absolute atomic E-state index is 12.5. The molecule has 6 heteroatoms. The molecule has 3 rings (SSSR count). The molecule has 1 aliphatic heterocycles. The van der Waals surface area contributed by atoms with Crippen LogP contribution in [0.25, 0.3) is 6.08 Å². The van der Waals surface area contributed by atoms with Crippen molar-refractivity contribution in [2.75, 3.05) is 32.1 Å². The van der Waals surface area contributed by atoms with E-state index in [-0.39, 0.29) is 24.3 Å². The maximum Gasteiger partial charge on any atom is 0.293 e. The number of allylic oxidation sites excluding steroid dienone is 2. The number of thioether (sulfide) groups is 1. The number of rotatable bonds is 7. The zero-order valence-corrected chi connectivity index (χ0v) is 17.6. The van der Waals surface area contributed by atoms with Gasteiger partial charge in [0.25, 0.3) is 11.1 Å². The minimum atomic E-state index is -0.278. The van der Waals surface area contributed by atoms with Gasteiger partial charge >= 0.3 is 0 Å². The zero-order chi connectivity index (χ0) is 20.8. The molecule has 0 aliphatic carbocycles. The number of carbonyl (C=O) groups is 2. The van der Waals surface area contributed by atoms with Crippen LogP contribution in [-0.2, 0) is 4.79 Å². The van der Waals surface area contributed by atoms with E-state index in [2.05, 4.69) is 0 Å². The van der Waals surface area contributed by atoms with Gasteiger partial charge in [-0.3, -0.25) is 14.5 Å². The summed E-state index contributed by atoms with van der Waals surface area (Å²) in [7, 11) is 3.99. The van der Waals surface area contributed by atoms with E-state index < -0.39 is 0 Å². The highest BCUT2D eigenvalue weighted by Gasteiger charge is 2.34. The van der Waals surface area contributed by atoms with Crippen molar-refractivity contribution in [2.24, 2.45) is 0 Å². The molecule has 1 heterocycles. The van der Waals surface area contributed by atoms with E-state index in [1.54, 1.807) is 12.2 Å². The van der Waals surface area contributed by atoms with Crippen molar-refractivity contribution in [1.29, 1.82) is 0 Å². The molecule has 2 amide bonds. The Hall–Kier alpha value is -2.99. The fourth-order valence-corrected chi connectivity index (χ4v) is 3.54. The van der Waals surface area contributed by atoms with Crippen LogP contribution in [0, 0.1) is 6.92 Å². The van der Waals surface area contributed by atoms with Crippen LogP contribution in [-0.4, -0.2) is 43.3 Å². The molecular weight excluding hydrogens is 384 g/mol. The number of nitrogens with zero attached hydrogens (tertiary/aromatic N) is 2. The highest BCUT2D eigenvalue weighted by Crippen LogP contribution is 2.30. The number of amides is 2. The molecule has 1 saturated heterocycles. The third-order valence-corrected chi connectivity index (χ3v) is 5.35. The van der Waals surface area contributed by atoms with Crippen LogP contribution in [0.1, 0.15) is 11.1 Å². The van der Waals surface area contributed by atoms with Gasteiger partial charge in [-0.15, -0.1) is 0 Å². The lowest BCUT2D eigenvalue weighted by Gasteiger charge is -2.13. The first-order valence-electron chi connectivity index (χ1n) is 9.33. The van der Waals surface area contributed by atoms with Crippen molar-refractivity contribution in [2.45, 2.75) is 6.92 Å². The summed E-state index contributed by atoms with van der Waals surface area (Å²) in [4.78, 5) is 28.3. The smallest absolute Gasteiger partial charge is 0.293 e. The van der Waals surface area contributed by atoms with Crippen LogP contribution in [0.15, 0.2) is 65.6 Å². The third-order valence-electron chi connectivity index (χ3n) is 4.42. The number of hydrogen-bond acceptors (Lipinski definition) is 5. The number of ether oxygens (including phenoxy) is 1. The fourth-order valence-electron chi connectivity index (χ4n) is 2.73. The van der Waals surface area contributed by atoms with Crippen LogP contribution in [0.4, 0.5) is 10.5 Å². The monoisotopic (exact) mass is 408 g/mol. The summed E-state index contributed by atoms with van der Waals surface area (Å²) in [6.45, 7) is 2.50. The molecule has 0 radical (unpaired) electrons. The van der Waals surface area contributed by atoms with Crippen LogP contribution in [0.2, 0.25) is 0 Å². The van der Waals surface area contributed by atoms with Gasteiger partial charge in [-0.2, -0.15) is 0 Å². The molecule has 0 N–H and O–H groups in total. The second kappa shape index (κ2) is 9.47. The minimum absolute atomic E-state index is 0.228. The first-order valence-corrected chi connectivity index (χ1v) is 10.1. The molecule has 1 aliphatic rings. The number of carbonyl (C=O) groups excluding carboxylic acids is 2. The highest BCUT2D eigenvalue weighted by atomic mass is 32.2. The first-order chi connectivity index (χ1) is 13.9. The number of anilines is 1. The van der Waals surface area contributed by atoms with Crippen molar-refractivity contribution in [1.82, 2.24) is 4.90 Å². The number of benzene rings is 2. The summed E-state index contributed by atoms with van der Waals surface area (Å²) in [5.74, 6) is 0.446. The Labute approximate surface area is 175 Å². The van der Waals surface area contributed by atoms with E-state index in [4.69, 9.17) is 4.74 Å². The van der Waals surface area contributed by atoms with Gasteiger partial charge in [-0.1, -0.05) is 42.0 Å². The van der Waals surface area contributed by atoms with Crippen LogP contribution in [0.3, 0.4) is 0 Å². The van der Waals surface area contributed by atoms with Crippen LogP contribution >= 0.6 is 11.8 Å². The lowest BCUT2D eigenvalue weighted by molar-refractivity contribution is -0.123. The normalized spacial score (nSPS) is 15.6. The third kappa shape index (κ3) is 5.51. The largest absolute Gasteiger partial charge is 0.492 e. The molecule has 0 atom stereocenters.